The van der Waals surface area contributed by atoms with Crippen molar-refractivity contribution in [1.29, 1.82) is 0 Å². The van der Waals surface area contributed by atoms with E-state index in [2.05, 4.69) is 416 Å². The maximum absolute atomic E-state index is 2.44. The van der Waals surface area contributed by atoms with Gasteiger partial charge in [0.1, 0.15) is 0 Å². The quantitative estimate of drug-likeness (QED) is 0.133. The molecule has 0 N–H and O–H groups in total. The second-order valence-corrected chi connectivity index (χ2v) is 31.3. The minimum Gasteiger partial charge on any atom is -0.0622 e. The van der Waals surface area contributed by atoms with E-state index in [9.17, 15) is 0 Å². The fourth-order valence-electron chi connectivity index (χ4n) is 18.9. The van der Waals surface area contributed by atoms with Crippen LogP contribution in [0, 0.1) is 0 Å². The van der Waals surface area contributed by atoms with Gasteiger partial charge in [0.25, 0.3) is 0 Å². The Morgan fingerprint density at radius 2 is 0.427 bits per heavy atom. The lowest BCUT2D eigenvalue weighted by Gasteiger charge is -2.22. The maximum Gasteiger partial charge on any atom is 0.0159 e. The number of fused-ring (bicyclic) bond motifs is 15. The summed E-state index contributed by atoms with van der Waals surface area (Å²) in [5.74, 6) is 0. The van der Waals surface area contributed by atoms with Crippen LogP contribution in [0.4, 0.5) is 0 Å². The van der Waals surface area contributed by atoms with E-state index in [1.165, 1.54) is 220 Å². The first-order valence-corrected chi connectivity index (χ1v) is 38.7. The van der Waals surface area contributed by atoms with Crippen molar-refractivity contribution in [3.05, 3.63) is 411 Å². The highest BCUT2D eigenvalue weighted by atomic mass is 14.4. The molecule has 0 nitrogen and oxygen atoms in total. The molecule has 20 aromatic carbocycles. The van der Waals surface area contributed by atoms with Gasteiger partial charge in [-0.05, 0) is 268 Å². The molecular formula is C110H76. The van der Waals surface area contributed by atoms with Gasteiger partial charge in [-0.25, -0.2) is 0 Å². The fourth-order valence-corrected chi connectivity index (χ4v) is 18.9. The molecular weight excluding hydrogens is 1320 g/mol. The minimum absolute atomic E-state index is 0.0303. The zero-order valence-corrected chi connectivity index (χ0v) is 62.0. The molecule has 110 heavy (non-hydrogen) atoms. The summed E-state index contributed by atoms with van der Waals surface area (Å²) < 4.78 is 0. The highest BCUT2D eigenvalue weighted by molar-refractivity contribution is 6.24. The summed E-state index contributed by atoms with van der Waals surface area (Å²) in [6.45, 7) is 9.45. The van der Waals surface area contributed by atoms with Gasteiger partial charge in [0.15, 0.2) is 0 Å². The Labute approximate surface area is 642 Å². The molecule has 0 saturated carbocycles. The molecule has 20 aromatic rings. The van der Waals surface area contributed by atoms with Crippen LogP contribution in [-0.2, 0) is 10.8 Å². The Balaban J connectivity index is 0.000000141. The van der Waals surface area contributed by atoms with Crippen molar-refractivity contribution in [3.8, 4) is 111 Å². The molecule has 516 valence electrons. The first-order chi connectivity index (χ1) is 54.0. The average Bonchev–Trinajstić information content (AvgIpc) is 1.01. The van der Waals surface area contributed by atoms with E-state index in [4.69, 9.17) is 0 Å². The second kappa shape index (κ2) is 25.6. The first kappa shape index (κ1) is 64.8. The molecule has 0 bridgehead atoms. The third-order valence-corrected chi connectivity index (χ3v) is 24.5. The normalized spacial score (nSPS) is 13.1. The minimum atomic E-state index is -0.0433. The Morgan fingerprint density at radius 3 is 0.909 bits per heavy atom. The van der Waals surface area contributed by atoms with Crippen molar-refractivity contribution < 1.29 is 0 Å². The van der Waals surface area contributed by atoms with Crippen LogP contribution in [0.1, 0.15) is 49.9 Å². The van der Waals surface area contributed by atoms with Gasteiger partial charge in [-0.2, -0.15) is 0 Å². The predicted octanol–water partition coefficient (Wildman–Crippen LogP) is 30.5. The zero-order valence-electron chi connectivity index (χ0n) is 62.0. The van der Waals surface area contributed by atoms with Crippen LogP contribution in [0.25, 0.3) is 197 Å². The van der Waals surface area contributed by atoms with Crippen LogP contribution in [0.5, 0.6) is 0 Å². The highest BCUT2D eigenvalue weighted by Crippen LogP contribution is 2.55. The molecule has 2 aliphatic carbocycles. The van der Waals surface area contributed by atoms with Gasteiger partial charge in [0, 0.05) is 10.8 Å². The van der Waals surface area contributed by atoms with Crippen LogP contribution in [0.3, 0.4) is 0 Å². The summed E-state index contributed by atoms with van der Waals surface area (Å²) in [4.78, 5) is 0. The van der Waals surface area contributed by atoms with E-state index in [0.29, 0.717) is 0 Å². The van der Waals surface area contributed by atoms with Gasteiger partial charge in [-0.15, -0.1) is 0 Å². The Kier molecular flexibility index (Phi) is 15.1. The molecule has 0 fully saturated rings. The highest BCUT2D eigenvalue weighted by Gasteiger charge is 2.38. The summed E-state index contributed by atoms with van der Waals surface area (Å²) in [5.41, 5.74) is 30.9. The lowest BCUT2D eigenvalue weighted by molar-refractivity contribution is 0.661. The van der Waals surface area contributed by atoms with Gasteiger partial charge >= 0.3 is 0 Å². The summed E-state index contributed by atoms with van der Waals surface area (Å²) in [6.07, 6.45) is 0. The van der Waals surface area contributed by atoms with Gasteiger partial charge in [0.2, 0.25) is 0 Å². The summed E-state index contributed by atoms with van der Waals surface area (Å²) in [5, 5.41) is 20.4. The first-order valence-electron chi connectivity index (χ1n) is 38.7. The van der Waals surface area contributed by atoms with Crippen molar-refractivity contribution in [3.63, 3.8) is 0 Å². The second-order valence-electron chi connectivity index (χ2n) is 31.3. The molecule has 0 spiro atoms. The zero-order chi connectivity index (χ0) is 73.3. The van der Waals surface area contributed by atoms with Gasteiger partial charge in [-0.3, -0.25) is 0 Å². The third-order valence-electron chi connectivity index (χ3n) is 24.5. The van der Waals surface area contributed by atoms with Crippen molar-refractivity contribution in [2.45, 2.75) is 38.5 Å². The summed E-state index contributed by atoms with van der Waals surface area (Å²) in [6, 6.07) is 144. The lowest BCUT2D eigenvalue weighted by Crippen LogP contribution is -2.14. The summed E-state index contributed by atoms with van der Waals surface area (Å²) in [7, 11) is 0. The topological polar surface area (TPSA) is 0 Å². The van der Waals surface area contributed by atoms with E-state index in [0.717, 1.165) is 0 Å². The van der Waals surface area contributed by atoms with E-state index in [-0.39, 0.29) is 10.8 Å². The monoisotopic (exact) mass is 1400 g/mol. The number of hydrogen-bond acceptors (Lipinski definition) is 0. The Bertz CT molecular complexity index is 7150. The standard InChI is InChI=1S/C59H40.C51H36/c1-59(2)54-31-29-45(36-53(54)58-48-16-8-7-13-41(48)28-32-55(58)59)40-21-19-39(20-22-40)44-27-30-51-52(35-44)57(47-26-24-38-12-4-6-15-43(38)34-47)50-18-10-9-17-49(50)56(51)46-25-23-37-11-3-5-14-42(37)33-46;1-51(2)47-28-26-40(30-44(47)45-29-37-17-9-10-18-38(37)32-48(45)51)34-23-21-33(22-24-34)39-25-27-43-46(31-39)50(36-15-7-4-8-16-36)42-20-12-11-19-41(42)49(43)35-13-5-3-6-14-35/h3-36H,1-2H3;3-32H,1-2H3. The Morgan fingerprint density at radius 1 is 0.136 bits per heavy atom. The number of benzene rings is 20. The van der Waals surface area contributed by atoms with Crippen LogP contribution in [-0.4, -0.2) is 0 Å². The molecule has 0 heteroatoms. The van der Waals surface area contributed by atoms with Gasteiger partial charge < -0.3 is 0 Å². The molecule has 22 rings (SSSR count). The molecule has 0 atom stereocenters. The molecule has 0 radical (unpaired) electrons. The molecule has 0 saturated heterocycles. The Hall–Kier alpha value is -13.5. The van der Waals surface area contributed by atoms with E-state index >= 15 is 0 Å². The largest absolute Gasteiger partial charge is 0.0622 e. The van der Waals surface area contributed by atoms with Crippen LogP contribution < -0.4 is 0 Å². The van der Waals surface area contributed by atoms with Crippen LogP contribution in [0.2, 0.25) is 0 Å². The average molecular weight is 1400 g/mol. The van der Waals surface area contributed by atoms with Gasteiger partial charge in [0.05, 0.1) is 0 Å². The van der Waals surface area contributed by atoms with E-state index in [1.54, 1.807) is 0 Å². The lowest BCUT2D eigenvalue weighted by atomic mass is 9.81. The molecule has 0 heterocycles. The molecule has 2 aliphatic rings. The summed E-state index contributed by atoms with van der Waals surface area (Å²) >= 11 is 0. The van der Waals surface area contributed by atoms with E-state index < -0.39 is 0 Å². The number of rotatable bonds is 8. The van der Waals surface area contributed by atoms with Crippen molar-refractivity contribution >= 4 is 86.2 Å². The van der Waals surface area contributed by atoms with Crippen molar-refractivity contribution in [2.75, 3.05) is 0 Å². The number of hydrogen-bond donors (Lipinski definition) is 0. The third kappa shape index (κ3) is 10.6. The molecule has 0 amide bonds. The van der Waals surface area contributed by atoms with Gasteiger partial charge in [-0.1, -0.05) is 367 Å². The molecule has 0 aromatic heterocycles. The predicted molar refractivity (Wildman–Crippen MR) is 472 cm³/mol. The maximum atomic E-state index is 2.44. The van der Waals surface area contributed by atoms with Crippen molar-refractivity contribution in [2.24, 2.45) is 0 Å². The SMILES string of the molecule is CC1(C)c2ccc(-c3ccc(-c4ccc5c(-c6ccc7ccccc7c6)c6ccccc6c(-c6ccc7ccccc7c6)c5c4)cc3)cc2-c2c1ccc1ccccc21.CC1(C)c2ccc(-c3ccc(-c4ccc5c(-c6ccccc6)c6ccccc6c(-c6ccccc6)c5c4)cc3)cc2-c2cc3ccccc3cc21. The molecule has 0 unspecified atom stereocenters. The molecule has 0 aliphatic heterocycles. The fraction of sp³-hybridized carbons (Fsp3) is 0.0545. The van der Waals surface area contributed by atoms with Crippen molar-refractivity contribution in [1.82, 2.24) is 0 Å². The van der Waals surface area contributed by atoms with Crippen LogP contribution >= 0.6 is 0 Å². The van der Waals surface area contributed by atoms with Crippen LogP contribution in [0.15, 0.2) is 388 Å². The van der Waals surface area contributed by atoms with E-state index in [1.807, 2.05) is 0 Å². The smallest absolute Gasteiger partial charge is 0.0159 e.